The van der Waals surface area contributed by atoms with Crippen molar-refractivity contribution in [1.29, 1.82) is 0 Å². The number of unbranched alkanes of at least 4 members (excludes halogenated alkanes) is 2. The zero-order valence-electron chi connectivity index (χ0n) is 39.8. The molecule has 1 atom stereocenters. The van der Waals surface area contributed by atoms with Crippen LogP contribution in [0, 0.1) is 0 Å². The summed E-state index contributed by atoms with van der Waals surface area (Å²) in [6.07, 6.45) is 2.65. The monoisotopic (exact) mass is 974 g/mol. The van der Waals surface area contributed by atoms with Gasteiger partial charge < -0.3 is 53.3 Å². The minimum atomic E-state index is -1.08. The molecule has 380 valence electrons. The number of fused-ring (bicyclic) bond motifs is 4. The van der Waals surface area contributed by atoms with Gasteiger partial charge in [-0.05, 0) is 60.1 Å². The number of benzene rings is 3. The maximum atomic E-state index is 13.2. The topological polar surface area (TPSA) is 225 Å². The van der Waals surface area contributed by atoms with Crippen molar-refractivity contribution in [2.75, 3.05) is 124 Å². The Kier molecular flexibility index (Phi) is 23.2. The average Bonchev–Trinajstić information content (AvgIpc) is 3.82. The van der Waals surface area contributed by atoms with E-state index in [0.717, 1.165) is 17.7 Å². The predicted octanol–water partition coefficient (Wildman–Crippen LogP) is 4.65. The smallest absolute Gasteiger partial charge is 0.407 e. The summed E-state index contributed by atoms with van der Waals surface area (Å²) in [5.41, 5.74) is 5.13. The van der Waals surface area contributed by atoms with Crippen LogP contribution in [0.1, 0.15) is 82.7 Å². The summed E-state index contributed by atoms with van der Waals surface area (Å²) in [4.78, 5) is 76.0. The first-order chi connectivity index (χ1) is 34.3. The van der Waals surface area contributed by atoms with E-state index in [0.29, 0.717) is 125 Å². The first-order valence-corrected chi connectivity index (χ1v) is 24.2. The molecule has 0 radical (unpaired) electrons. The van der Waals surface area contributed by atoms with Crippen LogP contribution in [-0.4, -0.2) is 165 Å². The Hall–Kier alpha value is -5.64. The third-order valence-corrected chi connectivity index (χ3v) is 11.6. The van der Waals surface area contributed by atoms with Crippen LogP contribution in [0.5, 0.6) is 0 Å². The third-order valence-electron chi connectivity index (χ3n) is 11.6. The van der Waals surface area contributed by atoms with Gasteiger partial charge >= 0.3 is 6.09 Å². The van der Waals surface area contributed by atoms with E-state index in [1.807, 2.05) is 24.3 Å². The molecule has 19 nitrogen and oxygen atoms in total. The van der Waals surface area contributed by atoms with Crippen molar-refractivity contribution >= 4 is 41.3 Å². The second kappa shape index (κ2) is 30.2. The van der Waals surface area contributed by atoms with Gasteiger partial charge in [0.25, 0.3) is 11.8 Å². The van der Waals surface area contributed by atoms with Gasteiger partial charge in [-0.25, -0.2) is 4.79 Å². The molecule has 6 amide bonds. The van der Waals surface area contributed by atoms with Gasteiger partial charge in [0.1, 0.15) is 12.6 Å². The lowest BCUT2D eigenvalue weighted by Crippen LogP contribution is -2.54. The molecule has 3 aliphatic rings. The number of nitrogens with zero attached hydrogens (tertiary/aromatic N) is 1. The van der Waals surface area contributed by atoms with Crippen LogP contribution in [0.2, 0.25) is 0 Å². The van der Waals surface area contributed by atoms with E-state index < -0.39 is 35.8 Å². The number of hydrogen-bond donors (Lipinski definition) is 3. The van der Waals surface area contributed by atoms with Crippen molar-refractivity contribution in [2.45, 2.75) is 56.9 Å². The summed E-state index contributed by atoms with van der Waals surface area (Å²) in [6.45, 7) is 8.08. The standard InChI is InChI=1S/C51H66N4O15/c56-45(53-43-15-8-14-41-47(43)50(60)55(49(41)59)44-17-18-46(57)54-48(44)58)16-2-1-7-20-62-22-24-64-26-28-66-30-32-68-34-35-69-33-31-67-29-27-65-25-23-63-21-9-19-52-51(61)70-36-42-39-12-5-3-10-37(39)38-11-4-6-13-40(38)42/h3-6,8,10-15,42,44H,1-2,7,9,16-36H2,(H,52,61)(H,53,56)(H,54,57,58). The molecule has 1 aliphatic carbocycles. The molecule has 1 saturated heterocycles. The molecular weight excluding hydrogens is 909 g/mol. The predicted molar refractivity (Wildman–Crippen MR) is 254 cm³/mol. The Morgan fingerprint density at radius 1 is 0.557 bits per heavy atom. The van der Waals surface area contributed by atoms with Gasteiger partial charge in [-0.2, -0.15) is 0 Å². The van der Waals surface area contributed by atoms with E-state index in [4.69, 9.17) is 42.6 Å². The highest BCUT2D eigenvalue weighted by molar-refractivity contribution is 6.26. The molecule has 19 heteroatoms. The number of hydrogen-bond acceptors (Lipinski definition) is 15. The number of alkyl carbamates (subject to hydrolysis) is 1. The van der Waals surface area contributed by atoms with Crippen LogP contribution in [0.3, 0.4) is 0 Å². The third kappa shape index (κ3) is 16.8. The van der Waals surface area contributed by atoms with E-state index in [2.05, 4.69) is 40.2 Å². The van der Waals surface area contributed by atoms with Crippen LogP contribution in [0.4, 0.5) is 10.5 Å². The first kappa shape index (κ1) is 53.7. The maximum absolute atomic E-state index is 13.2. The Bertz CT molecular complexity index is 2130. The van der Waals surface area contributed by atoms with Crippen LogP contribution in [-0.2, 0) is 57.0 Å². The highest BCUT2D eigenvalue weighted by Gasteiger charge is 2.45. The zero-order chi connectivity index (χ0) is 49.2. The largest absolute Gasteiger partial charge is 0.449 e. The fourth-order valence-corrected chi connectivity index (χ4v) is 8.15. The molecular formula is C51H66N4O15. The SMILES string of the molecule is O=C1CCC(N2C(=O)c3cccc(NC(=O)CCCCCOCCOCCOCCOCCOCCOCCOCCOCCCNC(=O)OCC4c5ccccc5-c5ccccc54)c3C2=O)C(=O)N1. The molecule has 2 heterocycles. The van der Waals surface area contributed by atoms with Crippen molar-refractivity contribution in [3.63, 3.8) is 0 Å². The van der Waals surface area contributed by atoms with Gasteiger partial charge in [-0.15, -0.1) is 0 Å². The van der Waals surface area contributed by atoms with Gasteiger partial charge in [0.2, 0.25) is 17.7 Å². The quantitative estimate of drug-likeness (QED) is 0.0539. The lowest BCUT2D eigenvalue weighted by Gasteiger charge is -2.27. The molecule has 0 bridgehead atoms. The molecule has 0 spiro atoms. The maximum Gasteiger partial charge on any atom is 0.407 e. The van der Waals surface area contributed by atoms with Gasteiger partial charge in [0.05, 0.1) is 109 Å². The van der Waals surface area contributed by atoms with Crippen molar-refractivity contribution in [3.8, 4) is 11.1 Å². The Balaban J connectivity index is 0.625. The minimum Gasteiger partial charge on any atom is -0.449 e. The highest BCUT2D eigenvalue weighted by atomic mass is 16.6. The molecule has 3 aromatic carbocycles. The fourth-order valence-electron chi connectivity index (χ4n) is 8.15. The zero-order valence-corrected chi connectivity index (χ0v) is 39.8. The summed E-state index contributed by atoms with van der Waals surface area (Å²) in [6, 6.07) is 20.0. The normalized spacial score (nSPS) is 15.2. The first-order valence-electron chi connectivity index (χ1n) is 24.2. The number of nitrogens with one attached hydrogen (secondary N) is 3. The average molecular weight is 975 g/mol. The fraction of sp³-hybridized carbons (Fsp3) is 0.529. The number of anilines is 1. The van der Waals surface area contributed by atoms with Crippen molar-refractivity contribution in [3.05, 3.63) is 89.0 Å². The molecule has 0 saturated carbocycles. The van der Waals surface area contributed by atoms with Crippen molar-refractivity contribution < 1.29 is 71.4 Å². The van der Waals surface area contributed by atoms with Gasteiger partial charge in [-0.1, -0.05) is 61.0 Å². The van der Waals surface area contributed by atoms with E-state index in [1.165, 1.54) is 28.3 Å². The van der Waals surface area contributed by atoms with Crippen LogP contribution < -0.4 is 16.0 Å². The molecule has 3 aromatic rings. The number of rotatable bonds is 35. The molecule has 2 aliphatic heterocycles. The molecule has 6 rings (SSSR count). The lowest BCUT2D eigenvalue weighted by molar-refractivity contribution is -0.136. The van der Waals surface area contributed by atoms with Crippen LogP contribution >= 0.6 is 0 Å². The van der Waals surface area contributed by atoms with Crippen molar-refractivity contribution in [2.24, 2.45) is 0 Å². The number of carbonyl (C=O) groups excluding carboxylic acids is 6. The summed E-state index contributed by atoms with van der Waals surface area (Å²) in [7, 11) is 0. The second-order valence-electron chi connectivity index (χ2n) is 16.5. The Morgan fingerprint density at radius 3 is 1.60 bits per heavy atom. The summed E-state index contributed by atoms with van der Waals surface area (Å²) in [5.74, 6) is -2.70. The molecule has 3 N–H and O–H groups in total. The van der Waals surface area contributed by atoms with Crippen molar-refractivity contribution in [1.82, 2.24) is 15.5 Å². The summed E-state index contributed by atoms with van der Waals surface area (Å²) < 4.78 is 49.9. The van der Waals surface area contributed by atoms with Crippen LogP contribution in [0.25, 0.3) is 11.1 Å². The van der Waals surface area contributed by atoms with Gasteiger partial charge in [0, 0.05) is 38.5 Å². The van der Waals surface area contributed by atoms with Crippen LogP contribution in [0.15, 0.2) is 66.7 Å². The second-order valence-corrected chi connectivity index (χ2v) is 16.5. The van der Waals surface area contributed by atoms with E-state index in [-0.39, 0.29) is 54.5 Å². The number of carbonyl (C=O) groups is 6. The highest BCUT2D eigenvalue weighted by Crippen LogP contribution is 2.44. The minimum absolute atomic E-state index is 0.0245. The Labute approximate surface area is 408 Å². The molecule has 70 heavy (non-hydrogen) atoms. The lowest BCUT2D eigenvalue weighted by atomic mass is 9.98. The number of piperidine rings is 1. The molecule has 1 fully saturated rings. The summed E-state index contributed by atoms with van der Waals surface area (Å²) in [5, 5.41) is 7.71. The van der Waals surface area contributed by atoms with E-state index >= 15 is 0 Å². The van der Waals surface area contributed by atoms with E-state index in [9.17, 15) is 28.8 Å². The number of imide groups is 2. The van der Waals surface area contributed by atoms with E-state index in [1.54, 1.807) is 12.1 Å². The molecule has 1 unspecified atom stereocenters. The van der Waals surface area contributed by atoms with Gasteiger partial charge in [0.15, 0.2) is 0 Å². The molecule has 0 aromatic heterocycles. The number of amides is 6. The number of ether oxygens (including phenoxy) is 9. The summed E-state index contributed by atoms with van der Waals surface area (Å²) >= 11 is 0. The Morgan fingerprint density at radius 2 is 1.06 bits per heavy atom. The van der Waals surface area contributed by atoms with Gasteiger partial charge in [-0.3, -0.25) is 34.2 Å².